The zero-order valence-corrected chi connectivity index (χ0v) is 11.2. The van der Waals surface area contributed by atoms with Gasteiger partial charge in [-0.05, 0) is 29.0 Å². The van der Waals surface area contributed by atoms with Gasteiger partial charge in [0.2, 0.25) is 0 Å². The van der Waals surface area contributed by atoms with E-state index in [0.29, 0.717) is 22.3 Å². The Hall–Kier alpha value is -0.790. The molecule has 0 aliphatic carbocycles. The number of rotatable bonds is 5. The van der Waals surface area contributed by atoms with E-state index in [-0.39, 0.29) is 0 Å². The Balaban J connectivity index is 2.77. The van der Waals surface area contributed by atoms with Crippen LogP contribution in [0.15, 0.2) is 22.7 Å². The van der Waals surface area contributed by atoms with Gasteiger partial charge in [-0.1, -0.05) is 12.1 Å². The average Bonchev–Trinajstić information content (AvgIpc) is 2.27. The molecule has 7 heteroatoms. The fourth-order valence-electron chi connectivity index (χ4n) is 1.30. The summed E-state index contributed by atoms with van der Waals surface area (Å²) in [6.07, 6.45) is -7.17. The minimum Gasteiger partial charge on any atom is -0.489 e. The van der Waals surface area contributed by atoms with E-state index in [1.807, 2.05) is 0 Å². The average molecular weight is 328 g/mol. The Morgan fingerprint density at radius 3 is 2.67 bits per heavy atom. The molecule has 3 nitrogen and oxygen atoms in total. The van der Waals surface area contributed by atoms with E-state index < -0.39 is 18.9 Å². The summed E-state index contributed by atoms with van der Waals surface area (Å²) in [7, 11) is 1.72. The SMILES string of the molecule is CNCc1cccc(Br)c1OCC(O)C(F)(F)F. The zero-order chi connectivity index (χ0) is 13.8. The summed E-state index contributed by atoms with van der Waals surface area (Å²) in [5.74, 6) is 0.301. The van der Waals surface area contributed by atoms with Crippen LogP contribution in [0.25, 0.3) is 0 Å². The van der Waals surface area contributed by atoms with Crippen LogP contribution in [0.5, 0.6) is 5.75 Å². The van der Waals surface area contributed by atoms with Crippen molar-refractivity contribution in [1.82, 2.24) is 5.32 Å². The monoisotopic (exact) mass is 327 g/mol. The minimum absolute atomic E-state index is 0.301. The molecular weight excluding hydrogens is 315 g/mol. The third kappa shape index (κ3) is 4.15. The molecule has 102 valence electrons. The van der Waals surface area contributed by atoms with Gasteiger partial charge in [-0.15, -0.1) is 0 Å². The predicted octanol–water partition coefficient (Wildman–Crippen LogP) is 2.47. The van der Waals surface area contributed by atoms with Crippen LogP contribution in [-0.4, -0.2) is 31.0 Å². The maximum atomic E-state index is 12.1. The number of para-hydroxylation sites is 1. The van der Waals surface area contributed by atoms with Crippen LogP contribution >= 0.6 is 15.9 Å². The van der Waals surface area contributed by atoms with Crippen LogP contribution in [0, 0.1) is 0 Å². The van der Waals surface area contributed by atoms with Crippen LogP contribution in [-0.2, 0) is 6.54 Å². The van der Waals surface area contributed by atoms with Crippen LogP contribution < -0.4 is 10.1 Å². The highest BCUT2D eigenvalue weighted by Crippen LogP contribution is 2.30. The first kappa shape index (κ1) is 15.3. The lowest BCUT2D eigenvalue weighted by Gasteiger charge is -2.18. The molecule has 2 N–H and O–H groups in total. The highest BCUT2D eigenvalue weighted by atomic mass is 79.9. The quantitative estimate of drug-likeness (QED) is 0.873. The lowest BCUT2D eigenvalue weighted by Crippen LogP contribution is -2.34. The maximum Gasteiger partial charge on any atom is 0.417 e. The van der Waals surface area contributed by atoms with Gasteiger partial charge in [-0.3, -0.25) is 0 Å². The van der Waals surface area contributed by atoms with Gasteiger partial charge in [0.25, 0.3) is 0 Å². The van der Waals surface area contributed by atoms with Gasteiger partial charge < -0.3 is 15.2 Å². The summed E-state index contributed by atoms with van der Waals surface area (Å²) < 4.78 is 42.0. The van der Waals surface area contributed by atoms with Crippen LogP contribution in [0.4, 0.5) is 13.2 Å². The van der Waals surface area contributed by atoms with Crippen molar-refractivity contribution in [3.05, 3.63) is 28.2 Å². The number of aliphatic hydroxyl groups excluding tert-OH is 1. The molecule has 0 amide bonds. The molecule has 18 heavy (non-hydrogen) atoms. The topological polar surface area (TPSA) is 41.5 Å². The van der Waals surface area contributed by atoms with E-state index in [0.717, 1.165) is 0 Å². The fourth-order valence-corrected chi connectivity index (χ4v) is 1.82. The van der Waals surface area contributed by atoms with Crippen LogP contribution in [0.2, 0.25) is 0 Å². The van der Waals surface area contributed by atoms with Crippen LogP contribution in [0.3, 0.4) is 0 Å². The molecule has 0 aliphatic rings. The lowest BCUT2D eigenvalue weighted by atomic mass is 10.2. The van der Waals surface area contributed by atoms with E-state index in [2.05, 4.69) is 21.2 Å². The molecule has 0 radical (unpaired) electrons. The molecule has 0 bridgehead atoms. The van der Waals surface area contributed by atoms with Gasteiger partial charge in [0.15, 0.2) is 6.10 Å². The largest absolute Gasteiger partial charge is 0.489 e. The Bertz CT molecular complexity index is 398. The van der Waals surface area contributed by atoms with E-state index in [9.17, 15) is 13.2 Å². The van der Waals surface area contributed by atoms with Gasteiger partial charge >= 0.3 is 6.18 Å². The summed E-state index contributed by atoms with van der Waals surface area (Å²) in [6, 6.07) is 5.15. The van der Waals surface area contributed by atoms with Crippen molar-refractivity contribution in [2.75, 3.05) is 13.7 Å². The predicted molar refractivity (Wildman–Crippen MR) is 64.5 cm³/mol. The number of benzene rings is 1. The van der Waals surface area contributed by atoms with E-state index >= 15 is 0 Å². The van der Waals surface area contributed by atoms with Crippen molar-refractivity contribution in [3.8, 4) is 5.75 Å². The molecule has 1 atom stereocenters. The number of aliphatic hydroxyl groups is 1. The molecule has 0 aromatic heterocycles. The van der Waals surface area contributed by atoms with E-state index in [1.54, 1.807) is 25.2 Å². The summed E-state index contributed by atoms with van der Waals surface area (Å²) >= 11 is 3.20. The second-order valence-corrected chi connectivity index (χ2v) is 4.48. The maximum absolute atomic E-state index is 12.1. The van der Waals surface area contributed by atoms with Gasteiger partial charge in [-0.25, -0.2) is 0 Å². The Morgan fingerprint density at radius 2 is 2.11 bits per heavy atom. The molecule has 1 unspecified atom stereocenters. The number of ether oxygens (including phenoxy) is 1. The second-order valence-electron chi connectivity index (χ2n) is 3.63. The third-order valence-electron chi connectivity index (χ3n) is 2.18. The molecule has 1 rings (SSSR count). The van der Waals surface area contributed by atoms with Crippen molar-refractivity contribution >= 4 is 15.9 Å². The third-order valence-corrected chi connectivity index (χ3v) is 2.80. The van der Waals surface area contributed by atoms with E-state index in [1.165, 1.54) is 0 Å². The highest BCUT2D eigenvalue weighted by molar-refractivity contribution is 9.10. The normalized spacial score (nSPS) is 13.4. The Labute approximate surface area is 111 Å². The summed E-state index contributed by atoms with van der Waals surface area (Å²) in [6.45, 7) is -0.375. The number of halogens is 4. The van der Waals surface area contributed by atoms with Crippen LogP contribution in [0.1, 0.15) is 5.56 Å². The number of alkyl halides is 3. The molecule has 0 aliphatic heterocycles. The summed E-state index contributed by atoms with van der Waals surface area (Å²) in [4.78, 5) is 0. The first-order chi connectivity index (χ1) is 8.36. The molecular formula is C11H13BrF3NO2. The molecule has 0 saturated carbocycles. The summed E-state index contributed by atoms with van der Waals surface area (Å²) in [5.41, 5.74) is 0.709. The number of nitrogens with one attached hydrogen (secondary N) is 1. The van der Waals surface area contributed by atoms with Crippen molar-refractivity contribution in [3.63, 3.8) is 0 Å². The van der Waals surface area contributed by atoms with Gasteiger partial charge in [0, 0.05) is 12.1 Å². The first-order valence-corrected chi connectivity index (χ1v) is 5.95. The summed E-state index contributed by atoms with van der Waals surface area (Å²) in [5, 5.41) is 11.8. The highest BCUT2D eigenvalue weighted by Gasteiger charge is 2.38. The van der Waals surface area contributed by atoms with Gasteiger partial charge in [0.1, 0.15) is 12.4 Å². The van der Waals surface area contributed by atoms with Crippen molar-refractivity contribution < 1.29 is 23.0 Å². The first-order valence-electron chi connectivity index (χ1n) is 5.15. The zero-order valence-electron chi connectivity index (χ0n) is 9.59. The molecule has 0 spiro atoms. The molecule has 0 fully saturated rings. The van der Waals surface area contributed by atoms with Crippen molar-refractivity contribution in [2.24, 2.45) is 0 Å². The van der Waals surface area contributed by atoms with Gasteiger partial charge in [0.05, 0.1) is 4.47 Å². The number of hydrogen-bond acceptors (Lipinski definition) is 3. The smallest absolute Gasteiger partial charge is 0.417 e. The fraction of sp³-hybridized carbons (Fsp3) is 0.455. The number of hydrogen-bond donors (Lipinski definition) is 2. The molecule has 1 aromatic carbocycles. The standard InChI is InChI=1S/C11H13BrF3NO2/c1-16-5-7-3-2-4-8(12)10(7)18-6-9(17)11(13,14)15/h2-4,9,16-17H,5-6H2,1H3. The Kier molecular flexibility index (Phi) is 5.43. The molecule has 1 aromatic rings. The van der Waals surface area contributed by atoms with E-state index in [4.69, 9.17) is 9.84 Å². The van der Waals surface area contributed by atoms with Gasteiger partial charge in [-0.2, -0.15) is 13.2 Å². The van der Waals surface area contributed by atoms with Crippen molar-refractivity contribution in [1.29, 1.82) is 0 Å². The molecule has 0 heterocycles. The minimum atomic E-state index is -4.68. The Morgan fingerprint density at radius 1 is 1.44 bits per heavy atom. The van der Waals surface area contributed by atoms with Crippen molar-refractivity contribution in [2.45, 2.75) is 18.8 Å². The molecule has 0 saturated heterocycles. The lowest BCUT2D eigenvalue weighted by molar-refractivity contribution is -0.210. The second kappa shape index (κ2) is 6.40.